The summed E-state index contributed by atoms with van der Waals surface area (Å²) < 4.78 is 25.3. The minimum Gasteiger partial charge on any atom is -0.493 e. The van der Waals surface area contributed by atoms with Gasteiger partial charge in [-0.3, -0.25) is 0 Å². The van der Waals surface area contributed by atoms with Crippen LogP contribution in [0.1, 0.15) is 39.8 Å². The smallest absolute Gasteiger partial charge is 0.231 e. The molecule has 0 N–H and O–H groups in total. The molecule has 2 aliphatic heterocycles. The van der Waals surface area contributed by atoms with Crippen molar-refractivity contribution in [3.05, 3.63) is 107 Å². The van der Waals surface area contributed by atoms with E-state index in [4.69, 9.17) is 18.9 Å². The molecule has 0 fully saturated rings. The summed E-state index contributed by atoms with van der Waals surface area (Å²) in [7, 11) is 5.51. The predicted molar refractivity (Wildman–Crippen MR) is 149 cm³/mol. The van der Waals surface area contributed by atoms with E-state index in [2.05, 4.69) is 90.6 Å². The third kappa shape index (κ3) is 3.42. The molecule has 0 spiro atoms. The van der Waals surface area contributed by atoms with E-state index in [1.807, 2.05) is 12.1 Å². The molecule has 1 aliphatic carbocycles. The van der Waals surface area contributed by atoms with E-state index in [1.54, 1.807) is 14.2 Å². The Bertz CT molecular complexity index is 1620. The first-order chi connectivity index (χ1) is 18.7. The molecule has 0 radical (unpaired) electrons. The Balaban J connectivity index is 1.44. The molecular formula is C33H28NO4+. The lowest BCUT2D eigenvalue weighted by molar-refractivity contribution is -0.544. The van der Waals surface area contributed by atoms with E-state index in [-0.39, 0.29) is 18.8 Å². The van der Waals surface area contributed by atoms with Crippen molar-refractivity contribution in [2.45, 2.75) is 12.0 Å². The van der Waals surface area contributed by atoms with Crippen LogP contribution < -0.4 is 18.9 Å². The Labute approximate surface area is 222 Å². The Morgan fingerprint density at radius 3 is 2.24 bits per heavy atom. The number of methoxy groups -OCH3 is 2. The van der Waals surface area contributed by atoms with Crippen molar-refractivity contribution in [1.82, 2.24) is 0 Å². The molecule has 0 bridgehead atoms. The van der Waals surface area contributed by atoms with Gasteiger partial charge < -0.3 is 18.9 Å². The molecule has 0 aromatic heterocycles. The second-order valence-electron chi connectivity index (χ2n) is 9.90. The van der Waals surface area contributed by atoms with Gasteiger partial charge in [-0.25, -0.2) is 4.58 Å². The Morgan fingerprint density at radius 1 is 0.763 bits per heavy atom. The maximum atomic E-state index is 5.93. The maximum Gasteiger partial charge on any atom is 0.231 e. The van der Waals surface area contributed by atoms with Crippen LogP contribution in [-0.4, -0.2) is 38.9 Å². The maximum absolute atomic E-state index is 5.93. The number of rotatable bonds is 4. The molecule has 2 unspecified atom stereocenters. The van der Waals surface area contributed by atoms with E-state index in [9.17, 15) is 0 Å². The molecule has 38 heavy (non-hydrogen) atoms. The van der Waals surface area contributed by atoms with Gasteiger partial charge in [0.1, 0.15) is 7.05 Å². The molecule has 3 aliphatic rings. The first kappa shape index (κ1) is 22.7. The van der Waals surface area contributed by atoms with Gasteiger partial charge in [-0.15, -0.1) is 0 Å². The Kier molecular flexibility index (Phi) is 5.25. The largest absolute Gasteiger partial charge is 0.493 e. The van der Waals surface area contributed by atoms with Crippen LogP contribution in [0.3, 0.4) is 0 Å². The molecule has 5 heteroatoms. The second-order valence-corrected chi connectivity index (χ2v) is 9.90. The monoisotopic (exact) mass is 502 g/mol. The van der Waals surface area contributed by atoms with Crippen LogP contribution in [0.5, 0.6) is 23.0 Å². The summed E-state index contributed by atoms with van der Waals surface area (Å²) in [6.07, 6.45) is 4.50. The fourth-order valence-electron chi connectivity index (χ4n) is 6.14. The average Bonchev–Trinajstić information content (AvgIpc) is 3.46. The van der Waals surface area contributed by atoms with Crippen LogP contribution in [0.15, 0.2) is 78.9 Å². The van der Waals surface area contributed by atoms with Gasteiger partial charge in [0.05, 0.1) is 25.7 Å². The molecule has 0 amide bonds. The van der Waals surface area contributed by atoms with E-state index < -0.39 is 0 Å². The van der Waals surface area contributed by atoms with Gasteiger partial charge in [0, 0.05) is 5.56 Å². The van der Waals surface area contributed by atoms with Crippen LogP contribution in [-0.2, 0) is 0 Å². The van der Waals surface area contributed by atoms with Crippen molar-refractivity contribution < 1.29 is 23.5 Å². The van der Waals surface area contributed by atoms with Crippen molar-refractivity contribution in [2.75, 3.05) is 28.1 Å². The van der Waals surface area contributed by atoms with Gasteiger partial charge in [0.2, 0.25) is 6.79 Å². The number of fused-ring (bicyclic) bond motifs is 7. The molecular weight excluding hydrogens is 474 g/mol. The Morgan fingerprint density at radius 2 is 1.47 bits per heavy atom. The molecule has 0 saturated carbocycles. The summed E-state index contributed by atoms with van der Waals surface area (Å²) in [6.45, 7) is 0.251. The van der Waals surface area contributed by atoms with Gasteiger partial charge in [0.25, 0.3) is 0 Å². The zero-order chi connectivity index (χ0) is 25.8. The highest BCUT2D eigenvalue weighted by Gasteiger charge is 2.45. The fourth-order valence-corrected chi connectivity index (χ4v) is 6.14. The molecule has 188 valence electrons. The van der Waals surface area contributed by atoms with Crippen LogP contribution in [0, 0.1) is 0 Å². The van der Waals surface area contributed by atoms with Crippen molar-refractivity contribution in [3.63, 3.8) is 0 Å². The zero-order valence-electron chi connectivity index (χ0n) is 21.6. The molecule has 4 aromatic rings. The van der Waals surface area contributed by atoms with Crippen LogP contribution in [0.4, 0.5) is 0 Å². The second kappa shape index (κ2) is 8.80. The highest BCUT2D eigenvalue weighted by Crippen LogP contribution is 2.54. The number of hydrogen-bond acceptors (Lipinski definition) is 4. The molecule has 0 saturated heterocycles. The predicted octanol–water partition coefficient (Wildman–Crippen LogP) is 6.55. The quantitative estimate of drug-likeness (QED) is 0.297. The minimum absolute atomic E-state index is 0.0754. The molecule has 2 heterocycles. The average molecular weight is 503 g/mol. The summed E-state index contributed by atoms with van der Waals surface area (Å²) >= 11 is 0. The summed E-state index contributed by atoms with van der Waals surface area (Å²) in [5, 5.41) is 0. The highest BCUT2D eigenvalue weighted by molar-refractivity contribution is 5.95. The number of likely N-dealkylation sites (N-methyl/N-ethyl adjacent to an activating group) is 1. The molecule has 2 atom stereocenters. The fraction of sp³-hybridized carbons (Fsp3) is 0.182. The third-order valence-corrected chi connectivity index (χ3v) is 7.91. The molecule has 4 aromatic carbocycles. The first-order valence-electron chi connectivity index (χ1n) is 12.8. The van der Waals surface area contributed by atoms with E-state index in [0.29, 0.717) is 0 Å². The van der Waals surface area contributed by atoms with Crippen LogP contribution in [0.2, 0.25) is 0 Å². The first-order valence-corrected chi connectivity index (χ1v) is 12.8. The summed E-state index contributed by atoms with van der Waals surface area (Å²) in [5.41, 5.74) is 9.52. The number of ether oxygens (including phenoxy) is 4. The number of hydrogen-bond donors (Lipinski definition) is 0. The van der Waals surface area contributed by atoms with Gasteiger partial charge in [-0.1, -0.05) is 60.7 Å². The summed E-state index contributed by atoms with van der Waals surface area (Å²) in [4.78, 5) is 0. The minimum atomic E-state index is 0.0754. The summed E-state index contributed by atoms with van der Waals surface area (Å²) in [5.74, 6) is 3.17. The highest BCUT2D eigenvalue weighted by atomic mass is 16.7. The summed E-state index contributed by atoms with van der Waals surface area (Å²) in [6, 6.07) is 27.9. The number of benzene rings is 4. The lowest BCUT2D eigenvalue weighted by Gasteiger charge is -2.35. The normalized spacial score (nSPS) is 18.5. The standard InChI is InChI=1S/C33H28NO4/c1-34-18-27-24(13-14-28-33(27)38-19-37-28)31-25(22-11-9-21(10-12-22)20-7-5-4-6-8-20)15-23-16-29(35-2)30(36-3)17-26(23)32(31)34/h4-18,31-32H,19H2,1-3H3/q+1. The van der Waals surface area contributed by atoms with Crippen molar-refractivity contribution in [2.24, 2.45) is 0 Å². The lowest BCUT2D eigenvalue weighted by Crippen LogP contribution is -2.32. The van der Waals surface area contributed by atoms with E-state index >= 15 is 0 Å². The Hall–Kier alpha value is -4.51. The SMILES string of the molecule is COc1cc2c(cc1OC)C1C(C(c3ccc(-c4ccccc4)cc3)=C2)c2ccc3c(c2C=[N+]1C)OCO3. The van der Waals surface area contributed by atoms with E-state index in [0.717, 1.165) is 34.1 Å². The van der Waals surface area contributed by atoms with Crippen molar-refractivity contribution in [1.29, 1.82) is 0 Å². The van der Waals surface area contributed by atoms with Crippen molar-refractivity contribution in [3.8, 4) is 34.1 Å². The third-order valence-electron chi connectivity index (χ3n) is 7.91. The van der Waals surface area contributed by atoms with E-state index in [1.165, 1.54) is 33.4 Å². The molecule has 7 rings (SSSR count). The lowest BCUT2D eigenvalue weighted by atomic mass is 9.70. The van der Waals surface area contributed by atoms with Gasteiger partial charge in [0.15, 0.2) is 35.3 Å². The van der Waals surface area contributed by atoms with Crippen LogP contribution in [0.25, 0.3) is 22.8 Å². The van der Waals surface area contributed by atoms with Gasteiger partial charge in [-0.2, -0.15) is 0 Å². The van der Waals surface area contributed by atoms with Gasteiger partial charge in [-0.05, 0) is 57.7 Å². The zero-order valence-corrected chi connectivity index (χ0v) is 21.6. The van der Waals surface area contributed by atoms with Gasteiger partial charge >= 0.3 is 0 Å². The van der Waals surface area contributed by atoms with Crippen LogP contribution >= 0.6 is 0 Å². The van der Waals surface area contributed by atoms with Crippen molar-refractivity contribution >= 4 is 17.9 Å². The molecule has 5 nitrogen and oxygen atoms in total. The topological polar surface area (TPSA) is 39.9 Å². The number of nitrogens with zero attached hydrogens (tertiary/aromatic N) is 1.